The molecule has 0 radical (unpaired) electrons. The zero-order chi connectivity index (χ0) is 13.7. The van der Waals surface area contributed by atoms with Gasteiger partial charge in [-0.3, -0.25) is 0 Å². The number of nitrogens with two attached hydrogens (primary N) is 1. The molecule has 0 spiro atoms. The molecule has 0 aliphatic rings. The molecule has 18 heavy (non-hydrogen) atoms. The third-order valence-electron chi connectivity index (χ3n) is 3.36. The van der Waals surface area contributed by atoms with Crippen LogP contribution in [0, 0.1) is 0 Å². The van der Waals surface area contributed by atoms with Gasteiger partial charge in [-0.1, -0.05) is 44.5 Å². The number of halogens is 1. The molecule has 102 valence electrons. The summed E-state index contributed by atoms with van der Waals surface area (Å²) in [5.74, 6) is 0.483. The Bertz CT molecular complexity index is 383. The molecule has 1 nitrogen and oxygen atoms in total. The standard InChI is InChI=1S/C16H26ClN/c1-5-14-9-13(8-6-7-12(4)18)10-15(11(2)3)16(14)17/h9-12H,5-8,18H2,1-4H3/t12-/m0/s1. The van der Waals surface area contributed by atoms with Gasteiger partial charge >= 0.3 is 0 Å². The minimum Gasteiger partial charge on any atom is -0.328 e. The molecule has 0 unspecified atom stereocenters. The summed E-state index contributed by atoms with van der Waals surface area (Å²) in [6.07, 6.45) is 4.34. The molecule has 0 aliphatic carbocycles. The van der Waals surface area contributed by atoms with Gasteiger partial charge in [-0.2, -0.15) is 0 Å². The summed E-state index contributed by atoms with van der Waals surface area (Å²) >= 11 is 6.44. The van der Waals surface area contributed by atoms with Crippen molar-refractivity contribution in [1.82, 2.24) is 0 Å². The SMILES string of the molecule is CCc1cc(CCC[C@H](C)N)cc(C(C)C)c1Cl. The summed E-state index contributed by atoms with van der Waals surface area (Å²) < 4.78 is 0. The fourth-order valence-electron chi connectivity index (χ4n) is 2.23. The molecule has 2 N–H and O–H groups in total. The largest absolute Gasteiger partial charge is 0.328 e. The van der Waals surface area contributed by atoms with E-state index in [2.05, 4.69) is 39.8 Å². The lowest BCUT2D eigenvalue weighted by Crippen LogP contribution is -2.14. The van der Waals surface area contributed by atoms with Crippen LogP contribution in [0.15, 0.2) is 12.1 Å². The van der Waals surface area contributed by atoms with Gasteiger partial charge in [0, 0.05) is 11.1 Å². The Kier molecular flexibility index (Phi) is 6.17. The van der Waals surface area contributed by atoms with Gasteiger partial charge in [0.2, 0.25) is 0 Å². The molecule has 0 aromatic heterocycles. The van der Waals surface area contributed by atoms with E-state index in [1.807, 2.05) is 0 Å². The van der Waals surface area contributed by atoms with E-state index in [0.717, 1.165) is 30.7 Å². The van der Waals surface area contributed by atoms with Crippen LogP contribution >= 0.6 is 11.6 Å². The summed E-state index contributed by atoms with van der Waals surface area (Å²) in [7, 11) is 0. The van der Waals surface area contributed by atoms with E-state index in [1.165, 1.54) is 16.7 Å². The van der Waals surface area contributed by atoms with E-state index in [0.29, 0.717) is 12.0 Å². The first-order valence-corrected chi connectivity index (χ1v) is 7.40. The van der Waals surface area contributed by atoms with Crippen molar-refractivity contribution in [1.29, 1.82) is 0 Å². The van der Waals surface area contributed by atoms with Crippen LogP contribution in [-0.2, 0) is 12.8 Å². The van der Waals surface area contributed by atoms with Crippen molar-refractivity contribution in [2.75, 3.05) is 0 Å². The van der Waals surface area contributed by atoms with E-state index in [1.54, 1.807) is 0 Å². The van der Waals surface area contributed by atoms with Crippen LogP contribution in [0.25, 0.3) is 0 Å². The van der Waals surface area contributed by atoms with Crippen LogP contribution in [0.1, 0.15) is 63.1 Å². The van der Waals surface area contributed by atoms with Gasteiger partial charge in [0.15, 0.2) is 0 Å². The fraction of sp³-hybridized carbons (Fsp3) is 0.625. The van der Waals surface area contributed by atoms with Crippen LogP contribution in [-0.4, -0.2) is 6.04 Å². The second kappa shape index (κ2) is 7.16. The molecular formula is C16H26ClN. The summed E-state index contributed by atoms with van der Waals surface area (Å²) in [4.78, 5) is 0. The number of aryl methyl sites for hydroxylation is 2. The molecule has 1 atom stereocenters. The second-order valence-electron chi connectivity index (χ2n) is 5.54. The minimum absolute atomic E-state index is 0.299. The topological polar surface area (TPSA) is 26.0 Å². The summed E-state index contributed by atoms with van der Waals surface area (Å²) in [6.45, 7) is 8.63. The smallest absolute Gasteiger partial charge is 0.0472 e. The lowest BCUT2D eigenvalue weighted by atomic mass is 9.94. The highest BCUT2D eigenvalue weighted by Crippen LogP contribution is 2.30. The van der Waals surface area contributed by atoms with Crippen molar-refractivity contribution in [3.63, 3.8) is 0 Å². The molecule has 0 saturated carbocycles. The van der Waals surface area contributed by atoms with Gasteiger partial charge in [-0.25, -0.2) is 0 Å². The predicted molar refractivity (Wildman–Crippen MR) is 81.5 cm³/mol. The van der Waals surface area contributed by atoms with Gasteiger partial charge in [-0.15, -0.1) is 0 Å². The summed E-state index contributed by atoms with van der Waals surface area (Å²) in [5.41, 5.74) is 9.76. The first-order valence-electron chi connectivity index (χ1n) is 7.02. The van der Waals surface area contributed by atoms with Crippen molar-refractivity contribution in [2.45, 2.75) is 65.3 Å². The highest BCUT2D eigenvalue weighted by molar-refractivity contribution is 6.32. The molecule has 0 heterocycles. The summed E-state index contributed by atoms with van der Waals surface area (Å²) in [6, 6.07) is 4.83. The molecule has 0 amide bonds. The van der Waals surface area contributed by atoms with Crippen LogP contribution in [0.3, 0.4) is 0 Å². The first kappa shape index (κ1) is 15.5. The van der Waals surface area contributed by atoms with Crippen molar-refractivity contribution >= 4 is 11.6 Å². The monoisotopic (exact) mass is 267 g/mol. The number of rotatable bonds is 6. The average molecular weight is 268 g/mol. The highest BCUT2D eigenvalue weighted by atomic mass is 35.5. The normalized spacial score (nSPS) is 13.1. The molecule has 0 fully saturated rings. The zero-order valence-electron chi connectivity index (χ0n) is 12.1. The van der Waals surface area contributed by atoms with Crippen LogP contribution in [0.4, 0.5) is 0 Å². The van der Waals surface area contributed by atoms with Gasteiger partial charge < -0.3 is 5.73 Å². The zero-order valence-corrected chi connectivity index (χ0v) is 12.8. The second-order valence-corrected chi connectivity index (χ2v) is 5.91. The Morgan fingerprint density at radius 1 is 1.22 bits per heavy atom. The van der Waals surface area contributed by atoms with Crippen LogP contribution in [0.5, 0.6) is 0 Å². The molecule has 0 saturated heterocycles. The number of hydrogen-bond acceptors (Lipinski definition) is 1. The Morgan fingerprint density at radius 3 is 2.39 bits per heavy atom. The van der Waals surface area contributed by atoms with Crippen molar-refractivity contribution in [3.05, 3.63) is 33.8 Å². The van der Waals surface area contributed by atoms with E-state index < -0.39 is 0 Å². The Labute approximate surface area is 117 Å². The molecule has 1 rings (SSSR count). The third kappa shape index (κ3) is 4.29. The van der Waals surface area contributed by atoms with Crippen LogP contribution < -0.4 is 5.73 Å². The number of hydrogen-bond donors (Lipinski definition) is 1. The highest BCUT2D eigenvalue weighted by Gasteiger charge is 2.11. The summed E-state index contributed by atoms with van der Waals surface area (Å²) in [5, 5.41) is 0.962. The maximum atomic E-state index is 6.44. The number of benzene rings is 1. The van der Waals surface area contributed by atoms with E-state index in [4.69, 9.17) is 17.3 Å². The van der Waals surface area contributed by atoms with Crippen molar-refractivity contribution in [3.8, 4) is 0 Å². The predicted octanol–water partition coefficient (Wildman–Crippen LogP) is 4.70. The maximum Gasteiger partial charge on any atom is 0.0472 e. The van der Waals surface area contributed by atoms with E-state index in [-0.39, 0.29) is 0 Å². The minimum atomic E-state index is 0.299. The van der Waals surface area contributed by atoms with Gasteiger partial charge in [0.05, 0.1) is 0 Å². The molecule has 1 aromatic rings. The van der Waals surface area contributed by atoms with E-state index >= 15 is 0 Å². The lowest BCUT2D eigenvalue weighted by molar-refractivity contribution is 0.624. The fourth-order valence-corrected chi connectivity index (χ4v) is 2.69. The first-order chi connectivity index (χ1) is 8.45. The Hall–Kier alpha value is -0.530. The average Bonchev–Trinajstić information content (AvgIpc) is 2.30. The van der Waals surface area contributed by atoms with Crippen molar-refractivity contribution in [2.24, 2.45) is 5.73 Å². The Morgan fingerprint density at radius 2 is 1.89 bits per heavy atom. The van der Waals surface area contributed by atoms with Crippen LogP contribution in [0.2, 0.25) is 5.02 Å². The quantitative estimate of drug-likeness (QED) is 0.795. The molecule has 2 heteroatoms. The van der Waals surface area contributed by atoms with Gasteiger partial charge in [-0.05, 0) is 55.2 Å². The van der Waals surface area contributed by atoms with Gasteiger partial charge in [0.25, 0.3) is 0 Å². The van der Waals surface area contributed by atoms with Crippen molar-refractivity contribution < 1.29 is 0 Å². The molecule has 0 aliphatic heterocycles. The van der Waals surface area contributed by atoms with Gasteiger partial charge in [0.1, 0.15) is 0 Å². The molecule has 0 bridgehead atoms. The third-order valence-corrected chi connectivity index (χ3v) is 3.82. The van der Waals surface area contributed by atoms with E-state index in [9.17, 15) is 0 Å². The molecular weight excluding hydrogens is 242 g/mol. The maximum absolute atomic E-state index is 6.44. The lowest BCUT2D eigenvalue weighted by Gasteiger charge is -2.15. The molecule has 1 aromatic carbocycles. The Balaban J connectivity index is 2.88.